The molecular formula is C11H13BrN2O3S2. The Morgan fingerprint density at radius 3 is 2.79 bits per heavy atom. The fraction of sp³-hybridized carbons (Fsp3) is 0.273. The van der Waals surface area contributed by atoms with Crippen molar-refractivity contribution in [2.24, 2.45) is 7.05 Å². The van der Waals surface area contributed by atoms with Crippen LogP contribution in [-0.2, 0) is 30.2 Å². The fourth-order valence-electron chi connectivity index (χ4n) is 1.58. The van der Waals surface area contributed by atoms with E-state index >= 15 is 0 Å². The normalized spacial score (nSPS) is 11.9. The van der Waals surface area contributed by atoms with Gasteiger partial charge < -0.3 is 9.67 Å². The van der Waals surface area contributed by atoms with Gasteiger partial charge >= 0.3 is 0 Å². The van der Waals surface area contributed by atoms with E-state index in [1.807, 2.05) is 11.4 Å². The Morgan fingerprint density at radius 1 is 1.53 bits per heavy atom. The van der Waals surface area contributed by atoms with Crippen LogP contribution in [0.1, 0.15) is 10.6 Å². The van der Waals surface area contributed by atoms with Crippen molar-refractivity contribution in [1.82, 2.24) is 9.29 Å². The summed E-state index contributed by atoms with van der Waals surface area (Å²) < 4.78 is 29.2. The van der Waals surface area contributed by atoms with E-state index in [9.17, 15) is 8.42 Å². The number of rotatable bonds is 5. The summed E-state index contributed by atoms with van der Waals surface area (Å²) in [6, 6.07) is 3.34. The van der Waals surface area contributed by atoms with E-state index in [2.05, 4.69) is 20.7 Å². The van der Waals surface area contributed by atoms with E-state index in [-0.39, 0.29) is 18.0 Å². The van der Waals surface area contributed by atoms with Crippen molar-refractivity contribution in [2.75, 3.05) is 0 Å². The van der Waals surface area contributed by atoms with Crippen molar-refractivity contribution >= 4 is 37.3 Å². The summed E-state index contributed by atoms with van der Waals surface area (Å²) in [6.07, 6.45) is 1.48. The highest BCUT2D eigenvalue weighted by Crippen LogP contribution is 2.23. The van der Waals surface area contributed by atoms with Gasteiger partial charge in [-0.25, -0.2) is 13.1 Å². The smallest absolute Gasteiger partial charge is 0.242 e. The van der Waals surface area contributed by atoms with Gasteiger partial charge in [-0.15, -0.1) is 11.3 Å². The second-order valence-electron chi connectivity index (χ2n) is 3.95. The molecule has 0 spiro atoms. The number of aryl methyl sites for hydroxylation is 1. The lowest BCUT2D eigenvalue weighted by Gasteiger charge is -2.03. The average molecular weight is 365 g/mol. The number of thiophene rings is 1. The molecule has 0 saturated heterocycles. The van der Waals surface area contributed by atoms with Crippen LogP contribution in [0.2, 0.25) is 0 Å². The molecule has 0 atom stereocenters. The zero-order valence-electron chi connectivity index (χ0n) is 10.1. The van der Waals surface area contributed by atoms with Gasteiger partial charge in [0, 0.05) is 34.8 Å². The topological polar surface area (TPSA) is 71.3 Å². The van der Waals surface area contributed by atoms with Crippen LogP contribution in [0.3, 0.4) is 0 Å². The van der Waals surface area contributed by atoms with Gasteiger partial charge in [0.25, 0.3) is 0 Å². The number of aromatic nitrogens is 1. The van der Waals surface area contributed by atoms with Crippen LogP contribution in [0, 0.1) is 0 Å². The maximum Gasteiger partial charge on any atom is 0.242 e. The van der Waals surface area contributed by atoms with Crippen LogP contribution in [0.4, 0.5) is 0 Å². The quantitative estimate of drug-likeness (QED) is 0.849. The number of sulfonamides is 1. The molecule has 2 rings (SSSR count). The van der Waals surface area contributed by atoms with Crippen LogP contribution in [0.25, 0.3) is 0 Å². The number of hydrogen-bond donors (Lipinski definition) is 2. The van der Waals surface area contributed by atoms with Crippen molar-refractivity contribution in [2.45, 2.75) is 18.0 Å². The molecule has 2 aromatic rings. The van der Waals surface area contributed by atoms with Crippen molar-refractivity contribution in [3.05, 3.63) is 38.8 Å². The van der Waals surface area contributed by atoms with Crippen LogP contribution in [0.15, 0.2) is 33.1 Å². The Morgan fingerprint density at radius 2 is 2.26 bits per heavy atom. The molecule has 19 heavy (non-hydrogen) atoms. The molecule has 2 heterocycles. The van der Waals surface area contributed by atoms with Crippen LogP contribution in [0.5, 0.6) is 0 Å². The fourth-order valence-corrected chi connectivity index (χ4v) is 4.19. The molecule has 0 aliphatic heterocycles. The summed E-state index contributed by atoms with van der Waals surface area (Å²) in [4.78, 5) is 1.08. The molecule has 0 radical (unpaired) electrons. The van der Waals surface area contributed by atoms with Gasteiger partial charge in [-0.3, -0.25) is 0 Å². The second kappa shape index (κ2) is 5.76. The predicted octanol–water partition coefficient (Wildman–Crippen LogP) is 1.82. The average Bonchev–Trinajstić information content (AvgIpc) is 2.93. The molecule has 0 amide bonds. The van der Waals surface area contributed by atoms with Gasteiger partial charge in [0.05, 0.1) is 11.5 Å². The molecule has 2 N–H and O–H groups in total. The number of nitrogens with one attached hydrogen (secondary N) is 1. The van der Waals surface area contributed by atoms with E-state index in [0.29, 0.717) is 5.69 Å². The van der Waals surface area contributed by atoms with E-state index in [4.69, 9.17) is 5.11 Å². The minimum absolute atomic E-state index is 0.159. The van der Waals surface area contributed by atoms with Crippen LogP contribution >= 0.6 is 27.3 Å². The van der Waals surface area contributed by atoms with Crippen LogP contribution < -0.4 is 4.72 Å². The Balaban J connectivity index is 2.16. The van der Waals surface area contributed by atoms with E-state index in [1.165, 1.54) is 23.6 Å². The molecule has 104 valence electrons. The lowest BCUT2D eigenvalue weighted by molar-refractivity contribution is 0.272. The van der Waals surface area contributed by atoms with Gasteiger partial charge in [0.15, 0.2) is 0 Å². The van der Waals surface area contributed by atoms with Crippen LogP contribution in [-0.4, -0.2) is 18.1 Å². The first-order valence-corrected chi connectivity index (χ1v) is 8.57. The lowest BCUT2D eigenvalue weighted by Crippen LogP contribution is -2.22. The zero-order valence-corrected chi connectivity index (χ0v) is 13.3. The monoisotopic (exact) mass is 364 g/mol. The molecule has 8 heteroatoms. The SMILES string of the molecule is Cn1cc(S(=O)(=O)NCc2sccc2Br)cc1CO. The van der Waals surface area contributed by atoms with Gasteiger partial charge in [-0.2, -0.15) is 0 Å². The molecule has 0 bridgehead atoms. The van der Waals surface area contributed by atoms with Crippen molar-refractivity contribution < 1.29 is 13.5 Å². The number of hydrogen-bond acceptors (Lipinski definition) is 4. The summed E-state index contributed by atoms with van der Waals surface area (Å²) in [7, 11) is -1.87. The summed E-state index contributed by atoms with van der Waals surface area (Å²) in [5.74, 6) is 0. The molecule has 0 aromatic carbocycles. The Kier molecular flexibility index (Phi) is 4.46. The molecule has 2 aromatic heterocycles. The number of aliphatic hydroxyl groups excluding tert-OH is 1. The number of aliphatic hydroxyl groups is 1. The largest absolute Gasteiger partial charge is 0.390 e. The van der Waals surface area contributed by atoms with Gasteiger partial charge in [0.1, 0.15) is 0 Å². The molecule has 5 nitrogen and oxygen atoms in total. The molecule has 0 fully saturated rings. The van der Waals surface area contributed by atoms with Crippen molar-refractivity contribution in [3.8, 4) is 0 Å². The zero-order chi connectivity index (χ0) is 14.0. The highest BCUT2D eigenvalue weighted by molar-refractivity contribution is 9.10. The van der Waals surface area contributed by atoms with E-state index in [1.54, 1.807) is 11.6 Å². The van der Waals surface area contributed by atoms with E-state index < -0.39 is 10.0 Å². The Labute approximate surface area is 124 Å². The first-order valence-electron chi connectivity index (χ1n) is 5.41. The Hall–Kier alpha value is -0.670. The van der Waals surface area contributed by atoms with Gasteiger partial charge in [-0.1, -0.05) is 0 Å². The maximum absolute atomic E-state index is 12.1. The minimum Gasteiger partial charge on any atom is -0.390 e. The highest BCUT2D eigenvalue weighted by atomic mass is 79.9. The summed E-state index contributed by atoms with van der Waals surface area (Å²) in [6.45, 7) is 0.0480. The predicted molar refractivity (Wildman–Crippen MR) is 77.4 cm³/mol. The highest BCUT2D eigenvalue weighted by Gasteiger charge is 2.17. The third-order valence-corrected chi connectivity index (χ3v) is 5.96. The lowest BCUT2D eigenvalue weighted by atomic mass is 10.5. The van der Waals surface area contributed by atoms with Crippen molar-refractivity contribution in [1.29, 1.82) is 0 Å². The third-order valence-electron chi connectivity index (χ3n) is 2.67. The molecule has 0 unspecified atom stereocenters. The van der Waals surface area contributed by atoms with Gasteiger partial charge in [0.2, 0.25) is 10.0 Å². The first-order chi connectivity index (χ1) is 8.94. The minimum atomic E-state index is -3.56. The first kappa shape index (κ1) is 14.7. The number of halogens is 1. The molecular weight excluding hydrogens is 352 g/mol. The summed E-state index contributed by atoms with van der Waals surface area (Å²) in [5, 5.41) is 11.0. The summed E-state index contributed by atoms with van der Waals surface area (Å²) >= 11 is 4.83. The van der Waals surface area contributed by atoms with E-state index in [0.717, 1.165) is 9.35 Å². The molecule has 0 aliphatic carbocycles. The maximum atomic E-state index is 12.1. The van der Waals surface area contributed by atoms with Gasteiger partial charge in [-0.05, 0) is 33.4 Å². The molecule has 0 saturated carbocycles. The van der Waals surface area contributed by atoms with Crippen molar-refractivity contribution in [3.63, 3.8) is 0 Å². The molecule has 0 aliphatic rings. The summed E-state index contributed by atoms with van der Waals surface area (Å²) in [5.41, 5.74) is 0.553. The standard InChI is InChI=1S/C11H13BrN2O3S2/c1-14-6-9(4-8(14)7-15)19(16,17)13-5-11-10(12)2-3-18-11/h2-4,6,13,15H,5,7H2,1H3. The number of nitrogens with zero attached hydrogens (tertiary/aromatic N) is 1. The second-order valence-corrected chi connectivity index (χ2v) is 7.57. The Bertz CT molecular complexity index is 676. The third kappa shape index (κ3) is 3.26.